The average molecular weight is 313 g/mol. The zero-order valence-electron chi connectivity index (χ0n) is 13.7. The number of amides is 2. The molecule has 0 aromatic heterocycles. The minimum absolute atomic E-state index is 0.0799. The lowest BCUT2D eigenvalue weighted by Gasteiger charge is -2.32. The normalized spacial score (nSPS) is 15.3. The van der Waals surface area contributed by atoms with Gasteiger partial charge in [0.15, 0.2) is 0 Å². The summed E-state index contributed by atoms with van der Waals surface area (Å²) < 4.78 is 0. The van der Waals surface area contributed by atoms with Gasteiger partial charge < -0.3 is 10.2 Å². The number of piperidine rings is 1. The molecule has 1 fully saturated rings. The van der Waals surface area contributed by atoms with Crippen molar-refractivity contribution in [2.45, 2.75) is 39.2 Å². The molecule has 0 unspecified atom stereocenters. The third-order valence-electron chi connectivity index (χ3n) is 4.02. The van der Waals surface area contributed by atoms with Crippen molar-refractivity contribution in [2.24, 2.45) is 5.92 Å². The number of benzene rings is 1. The Kier molecular flexibility index (Phi) is 5.75. The van der Waals surface area contributed by atoms with Crippen molar-refractivity contribution >= 4 is 11.8 Å². The lowest BCUT2D eigenvalue weighted by Crippen LogP contribution is -2.46. The number of carbonyl (C=O) groups excluding carboxylic acids is 2. The van der Waals surface area contributed by atoms with Crippen molar-refractivity contribution in [1.29, 1.82) is 5.26 Å². The summed E-state index contributed by atoms with van der Waals surface area (Å²) in [5.74, 6) is 0.410. The molecule has 2 rings (SSSR count). The highest BCUT2D eigenvalue weighted by Gasteiger charge is 2.24. The average Bonchev–Trinajstić information content (AvgIpc) is 2.55. The first-order chi connectivity index (χ1) is 11.0. The van der Waals surface area contributed by atoms with Gasteiger partial charge in [-0.1, -0.05) is 19.9 Å². The zero-order valence-corrected chi connectivity index (χ0v) is 13.7. The molecule has 0 saturated carbocycles. The second-order valence-corrected chi connectivity index (χ2v) is 6.42. The molecule has 0 aliphatic carbocycles. The van der Waals surface area contributed by atoms with E-state index in [1.807, 2.05) is 24.8 Å². The predicted octanol–water partition coefficient (Wildman–Crippen LogP) is 2.33. The molecule has 122 valence electrons. The third-order valence-corrected chi connectivity index (χ3v) is 4.02. The van der Waals surface area contributed by atoms with E-state index >= 15 is 0 Å². The van der Waals surface area contributed by atoms with Crippen molar-refractivity contribution in [1.82, 2.24) is 10.2 Å². The number of hydrogen-bond acceptors (Lipinski definition) is 3. The van der Waals surface area contributed by atoms with Gasteiger partial charge in [0, 0.05) is 31.1 Å². The summed E-state index contributed by atoms with van der Waals surface area (Å²) in [6, 6.07) is 8.80. The Hall–Kier alpha value is -2.35. The third kappa shape index (κ3) is 4.82. The Balaban J connectivity index is 1.85. The first-order valence-electron chi connectivity index (χ1n) is 8.08. The van der Waals surface area contributed by atoms with Crippen LogP contribution in [0.3, 0.4) is 0 Å². The number of likely N-dealkylation sites (tertiary alicyclic amines) is 1. The number of nitriles is 1. The van der Waals surface area contributed by atoms with Crippen LogP contribution in [0.2, 0.25) is 0 Å². The fourth-order valence-electron chi connectivity index (χ4n) is 2.75. The molecular weight excluding hydrogens is 290 g/mol. The summed E-state index contributed by atoms with van der Waals surface area (Å²) >= 11 is 0. The second kappa shape index (κ2) is 7.77. The van der Waals surface area contributed by atoms with Gasteiger partial charge in [-0.3, -0.25) is 9.59 Å². The van der Waals surface area contributed by atoms with Crippen LogP contribution in [0.5, 0.6) is 0 Å². The van der Waals surface area contributed by atoms with Crippen molar-refractivity contribution in [3.05, 3.63) is 35.4 Å². The topological polar surface area (TPSA) is 73.2 Å². The van der Waals surface area contributed by atoms with Crippen LogP contribution in [0.15, 0.2) is 24.3 Å². The van der Waals surface area contributed by atoms with Gasteiger partial charge >= 0.3 is 0 Å². The van der Waals surface area contributed by atoms with Crippen molar-refractivity contribution in [2.75, 3.05) is 13.1 Å². The molecular formula is C18H23N3O2. The lowest BCUT2D eigenvalue weighted by atomic mass is 10.0. The summed E-state index contributed by atoms with van der Waals surface area (Å²) in [6.45, 7) is 5.46. The molecule has 1 aromatic carbocycles. The van der Waals surface area contributed by atoms with Crippen LogP contribution < -0.4 is 5.32 Å². The fraction of sp³-hybridized carbons (Fsp3) is 0.500. The molecule has 5 heteroatoms. The smallest absolute Gasteiger partial charge is 0.251 e. The van der Waals surface area contributed by atoms with Crippen LogP contribution in [0.4, 0.5) is 0 Å². The van der Waals surface area contributed by atoms with Crippen molar-refractivity contribution < 1.29 is 9.59 Å². The van der Waals surface area contributed by atoms with Gasteiger partial charge in [0.2, 0.25) is 5.91 Å². The molecule has 1 aliphatic rings. The fourth-order valence-corrected chi connectivity index (χ4v) is 2.75. The molecule has 0 spiro atoms. The van der Waals surface area contributed by atoms with Crippen LogP contribution in [0.1, 0.15) is 49.0 Å². The van der Waals surface area contributed by atoms with E-state index in [9.17, 15) is 9.59 Å². The highest BCUT2D eigenvalue weighted by Crippen LogP contribution is 2.14. The van der Waals surface area contributed by atoms with E-state index in [0.717, 1.165) is 12.8 Å². The molecule has 1 aromatic rings. The lowest BCUT2D eigenvalue weighted by molar-refractivity contribution is -0.133. The Bertz CT molecular complexity index is 611. The van der Waals surface area contributed by atoms with Crippen LogP contribution >= 0.6 is 0 Å². The van der Waals surface area contributed by atoms with Crippen LogP contribution in [0.25, 0.3) is 0 Å². The Morgan fingerprint density at radius 2 is 2.04 bits per heavy atom. The number of hydrogen-bond donors (Lipinski definition) is 1. The zero-order chi connectivity index (χ0) is 16.8. The van der Waals surface area contributed by atoms with E-state index in [4.69, 9.17) is 5.26 Å². The highest BCUT2D eigenvalue weighted by molar-refractivity contribution is 5.94. The van der Waals surface area contributed by atoms with E-state index in [-0.39, 0.29) is 17.9 Å². The van der Waals surface area contributed by atoms with Gasteiger partial charge in [-0.15, -0.1) is 0 Å². The molecule has 0 atom stereocenters. The molecule has 1 heterocycles. The maximum absolute atomic E-state index is 12.2. The molecule has 5 nitrogen and oxygen atoms in total. The summed E-state index contributed by atoms with van der Waals surface area (Å²) in [6.07, 6.45) is 2.12. The van der Waals surface area contributed by atoms with E-state index in [1.165, 1.54) is 0 Å². The summed E-state index contributed by atoms with van der Waals surface area (Å²) in [5.41, 5.74) is 0.981. The largest absolute Gasteiger partial charge is 0.349 e. The Labute approximate surface area is 137 Å². The number of rotatable bonds is 4. The highest BCUT2D eigenvalue weighted by atomic mass is 16.2. The van der Waals surface area contributed by atoms with Gasteiger partial charge in [0.1, 0.15) is 0 Å². The molecule has 1 N–H and O–H groups in total. The van der Waals surface area contributed by atoms with Crippen LogP contribution in [-0.2, 0) is 4.79 Å². The molecule has 23 heavy (non-hydrogen) atoms. The SMILES string of the molecule is CC(C)CC(=O)N1CCC(NC(=O)c2cccc(C#N)c2)CC1. The predicted molar refractivity (Wildman–Crippen MR) is 87.7 cm³/mol. The first kappa shape index (κ1) is 17.0. The van der Waals surface area contributed by atoms with Gasteiger partial charge in [-0.25, -0.2) is 0 Å². The van der Waals surface area contributed by atoms with E-state index in [1.54, 1.807) is 24.3 Å². The quantitative estimate of drug-likeness (QED) is 0.927. The van der Waals surface area contributed by atoms with Gasteiger partial charge in [0.05, 0.1) is 11.6 Å². The summed E-state index contributed by atoms with van der Waals surface area (Å²) in [5, 5.41) is 11.9. The first-order valence-corrected chi connectivity index (χ1v) is 8.08. The van der Waals surface area contributed by atoms with E-state index in [0.29, 0.717) is 36.6 Å². The van der Waals surface area contributed by atoms with E-state index < -0.39 is 0 Å². The van der Waals surface area contributed by atoms with Crippen LogP contribution in [0, 0.1) is 17.2 Å². The summed E-state index contributed by atoms with van der Waals surface area (Å²) in [4.78, 5) is 26.2. The molecule has 0 radical (unpaired) electrons. The van der Waals surface area contributed by atoms with Crippen LogP contribution in [-0.4, -0.2) is 35.8 Å². The van der Waals surface area contributed by atoms with Crippen molar-refractivity contribution in [3.63, 3.8) is 0 Å². The number of nitrogens with one attached hydrogen (secondary N) is 1. The van der Waals surface area contributed by atoms with Crippen molar-refractivity contribution in [3.8, 4) is 6.07 Å². The minimum atomic E-state index is -0.158. The maximum Gasteiger partial charge on any atom is 0.251 e. The van der Waals surface area contributed by atoms with Gasteiger partial charge in [0.25, 0.3) is 5.91 Å². The Morgan fingerprint density at radius 1 is 1.35 bits per heavy atom. The number of carbonyl (C=O) groups is 2. The molecule has 1 saturated heterocycles. The monoisotopic (exact) mass is 313 g/mol. The molecule has 0 bridgehead atoms. The van der Waals surface area contributed by atoms with Gasteiger partial charge in [-0.2, -0.15) is 5.26 Å². The minimum Gasteiger partial charge on any atom is -0.349 e. The number of nitrogens with zero attached hydrogens (tertiary/aromatic N) is 2. The Morgan fingerprint density at radius 3 is 2.65 bits per heavy atom. The molecule has 2 amide bonds. The van der Waals surface area contributed by atoms with Gasteiger partial charge in [-0.05, 0) is 37.0 Å². The second-order valence-electron chi connectivity index (χ2n) is 6.42. The maximum atomic E-state index is 12.2. The standard InChI is InChI=1S/C18H23N3O2/c1-13(2)10-17(22)21-8-6-16(7-9-21)20-18(23)15-5-3-4-14(11-15)12-19/h3-5,11,13,16H,6-10H2,1-2H3,(H,20,23). The van der Waals surface area contributed by atoms with E-state index in [2.05, 4.69) is 5.32 Å². The molecule has 1 aliphatic heterocycles. The summed E-state index contributed by atoms with van der Waals surface area (Å²) in [7, 11) is 0.